The number of benzene rings is 2. The highest BCUT2D eigenvalue weighted by molar-refractivity contribution is 5.93. The molecule has 2 N–H and O–H groups in total. The minimum atomic E-state index is -0.106. The van der Waals surface area contributed by atoms with Crippen LogP contribution in [0.1, 0.15) is 5.56 Å². The van der Waals surface area contributed by atoms with Crippen LogP contribution in [0.3, 0.4) is 0 Å². The first-order valence-corrected chi connectivity index (χ1v) is 8.28. The quantitative estimate of drug-likeness (QED) is 0.825. The Bertz CT molecular complexity index is 759. The van der Waals surface area contributed by atoms with E-state index < -0.39 is 0 Å². The standard InChI is InChI=1S/C20H21N3O2/c1-2-16-4-3-5-18(14-16)21-15-20(24)22-17-6-8-19(9-7-17)23-10-12-25-13-11-23/h1,3-9,14,21H,10-13,15H2,(H,22,24). The van der Waals surface area contributed by atoms with Crippen LogP contribution in [0, 0.1) is 12.3 Å². The Labute approximate surface area is 148 Å². The van der Waals surface area contributed by atoms with Gasteiger partial charge in [-0.15, -0.1) is 6.42 Å². The van der Waals surface area contributed by atoms with Gasteiger partial charge in [-0.1, -0.05) is 12.0 Å². The summed E-state index contributed by atoms with van der Waals surface area (Å²) in [6, 6.07) is 15.3. The fourth-order valence-corrected chi connectivity index (χ4v) is 2.68. The average Bonchev–Trinajstić information content (AvgIpc) is 2.68. The molecule has 0 bridgehead atoms. The van der Waals surface area contributed by atoms with Crippen molar-refractivity contribution in [3.63, 3.8) is 0 Å². The summed E-state index contributed by atoms with van der Waals surface area (Å²) in [5.41, 5.74) is 3.53. The van der Waals surface area contributed by atoms with Gasteiger partial charge in [0.1, 0.15) is 0 Å². The van der Waals surface area contributed by atoms with Gasteiger partial charge in [0, 0.05) is 35.7 Å². The van der Waals surface area contributed by atoms with Gasteiger partial charge in [-0.2, -0.15) is 0 Å². The molecule has 2 aromatic rings. The van der Waals surface area contributed by atoms with E-state index in [2.05, 4.69) is 21.5 Å². The van der Waals surface area contributed by atoms with Crippen LogP contribution in [0.2, 0.25) is 0 Å². The fraction of sp³-hybridized carbons (Fsp3) is 0.250. The van der Waals surface area contributed by atoms with Crippen LogP contribution < -0.4 is 15.5 Å². The summed E-state index contributed by atoms with van der Waals surface area (Å²) in [6.45, 7) is 3.48. The molecule has 0 atom stereocenters. The highest BCUT2D eigenvalue weighted by Crippen LogP contribution is 2.19. The molecule has 1 saturated heterocycles. The zero-order valence-corrected chi connectivity index (χ0v) is 14.0. The molecular weight excluding hydrogens is 314 g/mol. The Kier molecular flexibility index (Phi) is 5.55. The Balaban J connectivity index is 1.51. The van der Waals surface area contributed by atoms with Gasteiger partial charge in [0.15, 0.2) is 0 Å². The summed E-state index contributed by atoms with van der Waals surface area (Å²) in [7, 11) is 0. The molecule has 1 heterocycles. The predicted octanol–water partition coefficient (Wildman–Crippen LogP) is 2.56. The number of terminal acetylenes is 1. The first-order valence-electron chi connectivity index (χ1n) is 8.28. The van der Waals surface area contributed by atoms with Crippen molar-refractivity contribution in [1.29, 1.82) is 0 Å². The maximum Gasteiger partial charge on any atom is 0.243 e. The molecule has 1 amide bonds. The van der Waals surface area contributed by atoms with Gasteiger partial charge in [0.2, 0.25) is 5.91 Å². The summed E-state index contributed by atoms with van der Waals surface area (Å²) in [5, 5.41) is 5.96. The van der Waals surface area contributed by atoms with Crippen LogP contribution in [0.5, 0.6) is 0 Å². The Morgan fingerprint density at radius 2 is 1.88 bits per heavy atom. The largest absolute Gasteiger partial charge is 0.378 e. The van der Waals surface area contributed by atoms with Crippen LogP contribution in [0.25, 0.3) is 0 Å². The summed E-state index contributed by atoms with van der Waals surface area (Å²) in [6.07, 6.45) is 5.38. The van der Waals surface area contributed by atoms with Gasteiger partial charge in [0.05, 0.1) is 19.8 Å². The zero-order chi connectivity index (χ0) is 17.5. The minimum Gasteiger partial charge on any atom is -0.378 e. The van der Waals surface area contributed by atoms with E-state index in [1.54, 1.807) is 0 Å². The number of nitrogens with zero attached hydrogens (tertiary/aromatic N) is 1. The number of ether oxygens (including phenoxy) is 1. The summed E-state index contributed by atoms with van der Waals surface area (Å²) < 4.78 is 5.36. The van der Waals surface area contributed by atoms with Crippen molar-refractivity contribution in [3.8, 4) is 12.3 Å². The fourth-order valence-electron chi connectivity index (χ4n) is 2.68. The van der Waals surface area contributed by atoms with Gasteiger partial charge in [0.25, 0.3) is 0 Å². The molecule has 0 unspecified atom stereocenters. The summed E-state index contributed by atoms with van der Waals surface area (Å²) in [4.78, 5) is 14.4. The van der Waals surface area contributed by atoms with E-state index in [0.717, 1.165) is 48.9 Å². The summed E-state index contributed by atoms with van der Waals surface area (Å²) >= 11 is 0. The number of hydrogen-bond donors (Lipinski definition) is 2. The van der Waals surface area contributed by atoms with E-state index in [0.29, 0.717) is 0 Å². The maximum absolute atomic E-state index is 12.1. The van der Waals surface area contributed by atoms with Crippen LogP contribution in [0.4, 0.5) is 17.1 Å². The zero-order valence-electron chi connectivity index (χ0n) is 14.0. The predicted molar refractivity (Wildman–Crippen MR) is 101 cm³/mol. The van der Waals surface area contributed by atoms with Crippen molar-refractivity contribution in [2.24, 2.45) is 0 Å². The van der Waals surface area contributed by atoms with Crippen molar-refractivity contribution in [3.05, 3.63) is 54.1 Å². The number of rotatable bonds is 5. The van der Waals surface area contributed by atoms with E-state index >= 15 is 0 Å². The molecular formula is C20H21N3O2. The molecule has 25 heavy (non-hydrogen) atoms. The van der Waals surface area contributed by atoms with Crippen molar-refractivity contribution < 1.29 is 9.53 Å². The second-order valence-corrected chi connectivity index (χ2v) is 5.77. The molecule has 0 radical (unpaired) electrons. The van der Waals surface area contributed by atoms with E-state index in [1.807, 2.05) is 48.5 Å². The van der Waals surface area contributed by atoms with Crippen LogP contribution >= 0.6 is 0 Å². The lowest BCUT2D eigenvalue weighted by molar-refractivity contribution is -0.114. The number of nitrogens with one attached hydrogen (secondary N) is 2. The number of carbonyl (C=O) groups excluding carboxylic acids is 1. The molecule has 0 aromatic heterocycles. The molecule has 3 rings (SSSR count). The molecule has 0 aliphatic carbocycles. The molecule has 5 heteroatoms. The van der Waals surface area contributed by atoms with Crippen LogP contribution in [-0.4, -0.2) is 38.8 Å². The first kappa shape index (κ1) is 16.9. The maximum atomic E-state index is 12.1. The second kappa shape index (κ2) is 8.22. The highest BCUT2D eigenvalue weighted by Gasteiger charge is 2.11. The van der Waals surface area contributed by atoms with Gasteiger partial charge in [-0.05, 0) is 42.5 Å². The molecule has 1 fully saturated rings. The van der Waals surface area contributed by atoms with E-state index in [4.69, 9.17) is 11.2 Å². The van der Waals surface area contributed by atoms with Gasteiger partial charge < -0.3 is 20.3 Å². The van der Waals surface area contributed by atoms with Gasteiger partial charge >= 0.3 is 0 Å². The second-order valence-electron chi connectivity index (χ2n) is 5.77. The molecule has 1 aliphatic heterocycles. The van der Waals surface area contributed by atoms with E-state index in [9.17, 15) is 4.79 Å². The topological polar surface area (TPSA) is 53.6 Å². The molecule has 0 spiro atoms. The lowest BCUT2D eigenvalue weighted by Gasteiger charge is -2.28. The Morgan fingerprint density at radius 3 is 2.60 bits per heavy atom. The lowest BCUT2D eigenvalue weighted by Crippen LogP contribution is -2.36. The SMILES string of the molecule is C#Cc1cccc(NCC(=O)Nc2ccc(N3CCOCC3)cc2)c1. The van der Waals surface area contributed by atoms with Crippen molar-refractivity contribution in [1.82, 2.24) is 0 Å². The third-order valence-electron chi connectivity index (χ3n) is 4.01. The number of amides is 1. The number of anilines is 3. The first-order chi connectivity index (χ1) is 12.2. The van der Waals surface area contributed by atoms with Crippen LogP contribution in [-0.2, 0) is 9.53 Å². The molecule has 2 aromatic carbocycles. The number of hydrogen-bond acceptors (Lipinski definition) is 4. The average molecular weight is 335 g/mol. The molecule has 5 nitrogen and oxygen atoms in total. The van der Waals surface area contributed by atoms with E-state index in [-0.39, 0.29) is 12.5 Å². The normalized spacial score (nSPS) is 13.8. The van der Waals surface area contributed by atoms with E-state index in [1.165, 1.54) is 0 Å². The third kappa shape index (κ3) is 4.75. The number of morpholine rings is 1. The highest BCUT2D eigenvalue weighted by atomic mass is 16.5. The molecule has 1 aliphatic rings. The van der Waals surface area contributed by atoms with Crippen molar-refractivity contribution >= 4 is 23.0 Å². The van der Waals surface area contributed by atoms with Crippen molar-refractivity contribution in [2.75, 3.05) is 48.4 Å². The summed E-state index contributed by atoms with van der Waals surface area (Å²) in [5.74, 6) is 2.47. The minimum absolute atomic E-state index is 0.106. The lowest BCUT2D eigenvalue weighted by atomic mass is 10.2. The van der Waals surface area contributed by atoms with Crippen LogP contribution in [0.15, 0.2) is 48.5 Å². The molecule has 0 saturated carbocycles. The smallest absolute Gasteiger partial charge is 0.243 e. The Hall–Kier alpha value is -2.97. The van der Waals surface area contributed by atoms with Gasteiger partial charge in [-0.25, -0.2) is 0 Å². The monoisotopic (exact) mass is 335 g/mol. The van der Waals surface area contributed by atoms with Crippen molar-refractivity contribution in [2.45, 2.75) is 0 Å². The molecule has 128 valence electrons. The van der Waals surface area contributed by atoms with Gasteiger partial charge in [-0.3, -0.25) is 4.79 Å². The third-order valence-corrected chi connectivity index (χ3v) is 4.01. The Morgan fingerprint density at radius 1 is 1.12 bits per heavy atom. The number of carbonyl (C=O) groups is 1.